The first-order valence-corrected chi connectivity index (χ1v) is 11.0. The van der Waals surface area contributed by atoms with E-state index in [0.29, 0.717) is 31.7 Å². The number of anilines is 1. The molecule has 33 heavy (non-hydrogen) atoms. The Morgan fingerprint density at radius 2 is 1.67 bits per heavy atom. The highest BCUT2D eigenvalue weighted by molar-refractivity contribution is 7.97. The van der Waals surface area contributed by atoms with E-state index in [4.69, 9.17) is 4.74 Å². The van der Waals surface area contributed by atoms with E-state index in [2.05, 4.69) is 0 Å². The zero-order valence-electron chi connectivity index (χ0n) is 17.2. The van der Waals surface area contributed by atoms with Crippen molar-refractivity contribution in [1.29, 1.82) is 0 Å². The topological polar surface area (TPSA) is 32.8 Å². The molecule has 2 aliphatic heterocycles. The molecule has 0 saturated carbocycles. The van der Waals surface area contributed by atoms with Gasteiger partial charge in [0.05, 0.1) is 11.5 Å². The van der Waals surface area contributed by atoms with E-state index in [1.165, 1.54) is 36.4 Å². The number of alkyl halides is 6. The number of amides is 1. The lowest BCUT2D eigenvalue weighted by Crippen LogP contribution is -2.45. The second-order valence-electron chi connectivity index (χ2n) is 7.98. The van der Waals surface area contributed by atoms with Crippen molar-refractivity contribution in [2.45, 2.75) is 23.7 Å². The normalized spacial score (nSPS) is 21.9. The number of hydrogen-bond donors (Lipinski definition) is 0. The lowest BCUT2D eigenvalue weighted by Gasteiger charge is -2.34. The van der Waals surface area contributed by atoms with Crippen LogP contribution in [0.15, 0.2) is 53.4 Å². The Balaban J connectivity index is 1.41. The fraction of sp³-hybridized carbons (Fsp3) is 0.409. The average molecular weight is 490 g/mol. The maximum absolute atomic E-state index is 13.3. The number of ether oxygens (including phenoxy) is 1. The summed E-state index contributed by atoms with van der Waals surface area (Å²) in [6, 6.07) is 11.2. The van der Waals surface area contributed by atoms with Crippen molar-refractivity contribution < 1.29 is 35.9 Å². The molecule has 0 N–H and O–H groups in total. The molecule has 2 aliphatic rings. The summed E-state index contributed by atoms with van der Waals surface area (Å²) >= 11 is 1.01. The van der Waals surface area contributed by atoms with Crippen LogP contribution in [0.5, 0.6) is 5.75 Å². The van der Waals surface area contributed by atoms with E-state index < -0.39 is 24.5 Å². The molecule has 11 heteroatoms. The minimum atomic E-state index is -4.46. The van der Waals surface area contributed by atoms with Crippen LogP contribution in [0, 0.1) is 11.8 Å². The van der Waals surface area contributed by atoms with Gasteiger partial charge in [0.15, 0.2) is 6.61 Å². The molecule has 2 heterocycles. The van der Waals surface area contributed by atoms with Gasteiger partial charge in [0.2, 0.25) is 5.91 Å². The van der Waals surface area contributed by atoms with Crippen molar-refractivity contribution in [3.63, 3.8) is 0 Å². The average Bonchev–Trinajstić information content (AvgIpc) is 3.16. The summed E-state index contributed by atoms with van der Waals surface area (Å²) in [6.45, 7) is -0.140. The summed E-state index contributed by atoms with van der Waals surface area (Å²) < 4.78 is 83.3. The van der Waals surface area contributed by atoms with Crippen LogP contribution >= 0.6 is 11.9 Å². The van der Waals surface area contributed by atoms with Crippen LogP contribution in [0.2, 0.25) is 0 Å². The third-order valence-electron chi connectivity index (χ3n) is 5.69. The van der Waals surface area contributed by atoms with Gasteiger partial charge < -0.3 is 9.64 Å². The van der Waals surface area contributed by atoms with Crippen molar-refractivity contribution in [2.24, 2.45) is 11.8 Å². The number of halogens is 6. The Hall–Kier alpha value is -2.40. The quantitative estimate of drug-likeness (QED) is 0.401. The monoisotopic (exact) mass is 490 g/mol. The maximum atomic E-state index is 13.3. The third-order valence-corrected chi connectivity index (χ3v) is 6.79. The lowest BCUT2D eigenvalue weighted by molar-refractivity contribution is -0.153. The van der Waals surface area contributed by atoms with Crippen LogP contribution in [0.3, 0.4) is 0 Å². The zero-order chi connectivity index (χ0) is 23.8. The molecule has 1 amide bonds. The summed E-state index contributed by atoms with van der Waals surface area (Å²) in [5.41, 5.74) is -0.156. The molecule has 2 aromatic carbocycles. The smallest absolute Gasteiger partial charge is 0.422 e. The van der Waals surface area contributed by atoms with Gasteiger partial charge in [-0.2, -0.15) is 26.3 Å². The molecule has 4 nitrogen and oxygen atoms in total. The molecule has 0 radical (unpaired) electrons. The van der Waals surface area contributed by atoms with E-state index in [9.17, 15) is 31.1 Å². The van der Waals surface area contributed by atoms with Crippen LogP contribution in [0.4, 0.5) is 32.0 Å². The predicted octanol–water partition coefficient (Wildman–Crippen LogP) is 5.64. The van der Waals surface area contributed by atoms with E-state index in [1.807, 2.05) is 0 Å². The molecular formula is C22H20F6N2O2S. The van der Waals surface area contributed by atoms with E-state index in [1.54, 1.807) is 15.3 Å². The number of fused-ring (bicyclic) bond motifs is 1. The SMILES string of the molecule is O=C1C2CN(Sc3ccccc3C(F)(F)F)CC2CCN1c1ccc(OCC(F)(F)F)cc1. The molecule has 178 valence electrons. The molecule has 2 aromatic rings. The molecule has 2 atom stereocenters. The van der Waals surface area contributed by atoms with Crippen molar-refractivity contribution in [1.82, 2.24) is 4.31 Å². The highest BCUT2D eigenvalue weighted by Gasteiger charge is 2.44. The minimum Gasteiger partial charge on any atom is -0.484 e. The minimum absolute atomic E-state index is 0.0358. The lowest BCUT2D eigenvalue weighted by atomic mass is 9.87. The molecule has 0 spiro atoms. The number of rotatable bonds is 5. The third kappa shape index (κ3) is 5.57. The Morgan fingerprint density at radius 1 is 0.970 bits per heavy atom. The maximum Gasteiger partial charge on any atom is 0.422 e. The molecule has 0 bridgehead atoms. The van der Waals surface area contributed by atoms with Gasteiger partial charge in [0, 0.05) is 30.2 Å². The fourth-order valence-corrected chi connectivity index (χ4v) is 5.35. The molecule has 4 rings (SSSR count). The van der Waals surface area contributed by atoms with Gasteiger partial charge in [-0.1, -0.05) is 12.1 Å². The number of benzene rings is 2. The van der Waals surface area contributed by atoms with Crippen LogP contribution in [0.25, 0.3) is 0 Å². The van der Waals surface area contributed by atoms with E-state index in [-0.39, 0.29) is 28.4 Å². The molecule has 0 aliphatic carbocycles. The van der Waals surface area contributed by atoms with E-state index >= 15 is 0 Å². The van der Waals surface area contributed by atoms with Gasteiger partial charge in [-0.3, -0.25) is 4.79 Å². The van der Waals surface area contributed by atoms with Crippen LogP contribution in [-0.4, -0.2) is 42.6 Å². The van der Waals surface area contributed by atoms with Crippen LogP contribution in [-0.2, 0) is 11.0 Å². The molecule has 2 unspecified atom stereocenters. The fourth-order valence-electron chi connectivity index (χ4n) is 4.15. The van der Waals surface area contributed by atoms with Gasteiger partial charge >= 0.3 is 12.4 Å². The van der Waals surface area contributed by atoms with Gasteiger partial charge in [-0.05, 0) is 60.7 Å². The van der Waals surface area contributed by atoms with Crippen LogP contribution < -0.4 is 9.64 Å². The van der Waals surface area contributed by atoms with Gasteiger partial charge in [-0.15, -0.1) is 0 Å². The highest BCUT2D eigenvalue weighted by atomic mass is 32.2. The zero-order valence-corrected chi connectivity index (χ0v) is 18.0. The van der Waals surface area contributed by atoms with E-state index in [0.717, 1.165) is 18.0 Å². The van der Waals surface area contributed by atoms with Crippen molar-refractivity contribution >= 4 is 23.5 Å². The molecular weight excluding hydrogens is 470 g/mol. The summed E-state index contributed by atoms with van der Waals surface area (Å²) in [6.07, 6.45) is -8.22. The van der Waals surface area contributed by atoms with Crippen LogP contribution in [0.1, 0.15) is 12.0 Å². The summed E-state index contributed by atoms with van der Waals surface area (Å²) in [5, 5.41) is 0. The first-order valence-electron chi connectivity index (χ1n) is 10.2. The molecule has 2 saturated heterocycles. The summed E-state index contributed by atoms with van der Waals surface area (Å²) in [5.74, 6) is -0.410. The summed E-state index contributed by atoms with van der Waals surface area (Å²) in [7, 11) is 0. The second-order valence-corrected chi connectivity index (χ2v) is 9.11. The highest BCUT2D eigenvalue weighted by Crippen LogP contribution is 2.42. The molecule has 2 fully saturated rings. The van der Waals surface area contributed by atoms with Gasteiger partial charge in [-0.25, -0.2) is 4.31 Å². The number of nitrogens with zero attached hydrogens (tertiary/aromatic N) is 2. The Bertz CT molecular complexity index is 996. The van der Waals surface area contributed by atoms with Crippen molar-refractivity contribution in [3.8, 4) is 5.75 Å². The Labute approximate surface area is 190 Å². The Morgan fingerprint density at radius 3 is 2.33 bits per heavy atom. The second kappa shape index (κ2) is 9.09. The number of piperidine rings is 1. The number of carbonyl (C=O) groups excluding carboxylic acids is 1. The Kier molecular flexibility index (Phi) is 6.54. The first kappa shape index (κ1) is 23.7. The first-order chi connectivity index (χ1) is 15.5. The van der Waals surface area contributed by atoms with Crippen molar-refractivity contribution in [3.05, 3.63) is 54.1 Å². The predicted molar refractivity (Wildman–Crippen MR) is 111 cm³/mol. The molecule has 0 aromatic heterocycles. The standard InChI is InChI=1S/C22H20F6N2O2S/c23-21(24,25)13-32-16-7-5-15(6-8-16)30-10-9-14-11-29(12-17(14)20(30)31)33-19-4-2-1-3-18(19)22(26,27)28/h1-8,14,17H,9-13H2. The number of hydrogen-bond acceptors (Lipinski definition) is 4. The summed E-state index contributed by atoms with van der Waals surface area (Å²) in [4.78, 5) is 14.8. The largest absolute Gasteiger partial charge is 0.484 e. The van der Waals surface area contributed by atoms with Gasteiger partial charge in [0.25, 0.3) is 0 Å². The van der Waals surface area contributed by atoms with Crippen molar-refractivity contribution in [2.75, 3.05) is 31.1 Å². The number of carbonyl (C=O) groups is 1. The van der Waals surface area contributed by atoms with Gasteiger partial charge in [0.1, 0.15) is 5.75 Å².